The Balaban J connectivity index is 1.85. The summed E-state index contributed by atoms with van der Waals surface area (Å²) in [5.74, 6) is 0. The Hall–Kier alpha value is -1.62. The van der Waals surface area contributed by atoms with Crippen LogP contribution in [-0.4, -0.2) is 32.0 Å². The van der Waals surface area contributed by atoms with Gasteiger partial charge in [0.25, 0.3) is 0 Å². The van der Waals surface area contributed by atoms with Gasteiger partial charge < -0.3 is 10.2 Å². The van der Waals surface area contributed by atoms with Crippen molar-refractivity contribution in [2.45, 2.75) is 110 Å². The fourth-order valence-electron chi connectivity index (χ4n) is 3.94. The van der Waals surface area contributed by atoms with Crippen molar-refractivity contribution in [1.29, 1.82) is 0 Å². The topological polar surface area (TPSA) is 39.7 Å². The first-order valence-corrected chi connectivity index (χ1v) is 13.9. The quantitative estimate of drug-likeness (QED) is 0.0874. The van der Waals surface area contributed by atoms with E-state index in [1.54, 1.807) is 6.21 Å². The van der Waals surface area contributed by atoms with Gasteiger partial charge in [0.15, 0.2) is 5.11 Å². The molecule has 1 rings (SSSR count). The summed E-state index contributed by atoms with van der Waals surface area (Å²) in [7, 11) is 4.07. The van der Waals surface area contributed by atoms with E-state index in [9.17, 15) is 0 Å². The molecule has 0 saturated carbocycles. The summed E-state index contributed by atoms with van der Waals surface area (Å²) >= 11 is 5.29. The van der Waals surface area contributed by atoms with Gasteiger partial charge in [-0.05, 0) is 36.3 Å². The highest BCUT2D eigenvalue weighted by Gasteiger charge is 1.97. The molecule has 0 aliphatic rings. The van der Waals surface area contributed by atoms with Crippen molar-refractivity contribution >= 4 is 29.2 Å². The molecule has 188 valence electrons. The van der Waals surface area contributed by atoms with E-state index in [-0.39, 0.29) is 0 Å². The van der Waals surface area contributed by atoms with Crippen LogP contribution in [0, 0.1) is 0 Å². The maximum Gasteiger partial charge on any atom is 0.186 e. The van der Waals surface area contributed by atoms with Crippen LogP contribution < -0.4 is 15.6 Å². The Morgan fingerprint density at radius 2 is 1.21 bits per heavy atom. The minimum absolute atomic E-state index is 0.595. The molecule has 5 heteroatoms. The van der Waals surface area contributed by atoms with Crippen LogP contribution in [0.3, 0.4) is 0 Å². The summed E-state index contributed by atoms with van der Waals surface area (Å²) in [6.07, 6.45) is 24.1. The number of nitrogens with zero attached hydrogens (tertiary/aromatic N) is 2. The third-order valence-electron chi connectivity index (χ3n) is 6.11. The van der Waals surface area contributed by atoms with Crippen LogP contribution in [0.4, 0.5) is 5.69 Å². The molecule has 0 heterocycles. The second-order valence-electron chi connectivity index (χ2n) is 9.42. The van der Waals surface area contributed by atoms with Gasteiger partial charge in [-0.3, -0.25) is 5.43 Å². The predicted molar refractivity (Wildman–Crippen MR) is 152 cm³/mol. The van der Waals surface area contributed by atoms with Crippen molar-refractivity contribution in [3.63, 3.8) is 0 Å². The molecule has 0 atom stereocenters. The number of nitrogens with one attached hydrogen (secondary N) is 2. The fraction of sp³-hybridized carbons (Fsp3) is 0.714. The lowest BCUT2D eigenvalue weighted by atomic mass is 10.0. The lowest BCUT2D eigenvalue weighted by Crippen LogP contribution is -2.32. The standard InChI is InChI=1S/C28H50N4S/c1-4-5-6-7-8-9-10-11-12-13-14-15-16-17-18-19-24-29-28(33)31-30-25-26-20-22-27(23-21-26)32(2)3/h20-23,25H,4-19,24H2,1-3H3,(H2,29,31,33). The summed E-state index contributed by atoms with van der Waals surface area (Å²) in [6, 6.07) is 8.26. The number of rotatable bonds is 20. The smallest absolute Gasteiger partial charge is 0.186 e. The van der Waals surface area contributed by atoms with E-state index < -0.39 is 0 Å². The SMILES string of the molecule is CCCCCCCCCCCCCCCCCCNC(=S)NN=Cc1ccc(N(C)C)cc1. The molecule has 0 bridgehead atoms. The van der Waals surface area contributed by atoms with E-state index in [0.29, 0.717) is 5.11 Å². The molecule has 0 aromatic heterocycles. The molecule has 1 aromatic carbocycles. The third-order valence-corrected chi connectivity index (χ3v) is 6.34. The van der Waals surface area contributed by atoms with Gasteiger partial charge in [-0.15, -0.1) is 0 Å². The zero-order valence-corrected chi connectivity index (χ0v) is 22.5. The van der Waals surface area contributed by atoms with Crippen molar-refractivity contribution in [3.8, 4) is 0 Å². The maximum atomic E-state index is 5.29. The Kier molecular flexibility index (Phi) is 18.7. The highest BCUT2D eigenvalue weighted by molar-refractivity contribution is 7.80. The van der Waals surface area contributed by atoms with Gasteiger partial charge >= 0.3 is 0 Å². The number of hydrogen-bond donors (Lipinski definition) is 2. The first kappa shape index (κ1) is 29.4. The van der Waals surface area contributed by atoms with E-state index in [2.05, 4.69) is 39.8 Å². The van der Waals surface area contributed by atoms with Crippen LogP contribution in [0.15, 0.2) is 29.4 Å². The molecular formula is C28H50N4S. The van der Waals surface area contributed by atoms with Gasteiger partial charge in [0.05, 0.1) is 6.21 Å². The zero-order chi connectivity index (χ0) is 24.0. The Morgan fingerprint density at radius 1 is 0.758 bits per heavy atom. The lowest BCUT2D eigenvalue weighted by Gasteiger charge is -2.11. The summed E-state index contributed by atoms with van der Waals surface area (Å²) in [6.45, 7) is 3.20. The summed E-state index contributed by atoms with van der Waals surface area (Å²) in [5, 5.41) is 8.06. The van der Waals surface area contributed by atoms with Gasteiger partial charge in [0, 0.05) is 26.3 Å². The molecule has 0 saturated heterocycles. The molecular weight excluding hydrogens is 424 g/mol. The van der Waals surface area contributed by atoms with Gasteiger partial charge in [0.2, 0.25) is 0 Å². The van der Waals surface area contributed by atoms with E-state index in [4.69, 9.17) is 12.2 Å². The number of thiocarbonyl (C=S) groups is 1. The Morgan fingerprint density at radius 3 is 1.67 bits per heavy atom. The lowest BCUT2D eigenvalue weighted by molar-refractivity contribution is 0.529. The second kappa shape index (κ2) is 20.9. The van der Waals surface area contributed by atoms with E-state index in [1.165, 1.54) is 102 Å². The molecule has 0 fully saturated rings. The van der Waals surface area contributed by atoms with Gasteiger partial charge in [0.1, 0.15) is 0 Å². The van der Waals surface area contributed by atoms with Crippen LogP contribution >= 0.6 is 12.2 Å². The average molecular weight is 475 g/mol. The molecule has 2 N–H and O–H groups in total. The number of benzene rings is 1. The minimum atomic E-state index is 0.595. The minimum Gasteiger partial charge on any atom is -0.378 e. The van der Waals surface area contributed by atoms with E-state index in [1.807, 2.05) is 26.2 Å². The third kappa shape index (κ3) is 17.5. The van der Waals surface area contributed by atoms with E-state index >= 15 is 0 Å². The number of hydrogen-bond acceptors (Lipinski definition) is 3. The molecule has 0 unspecified atom stereocenters. The Bertz CT molecular complexity index is 613. The monoisotopic (exact) mass is 474 g/mol. The van der Waals surface area contributed by atoms with Crippen LogP contribution in [0.5, 0.6) is 0 Å². The van der Waals surface area contributed by atoms with Crippen LogP contribution in [0.25, 0.3) is 0 Å². The van der Waals surface area contributed by atoms with Gasteiger partial charge in [-0.2, -0.15) is 5.10 Å². The van der Waals surface area contributed by atoms with Crippen molar-refractivity contribution < 1.29 is 0 Å². The molecule has 0 aliphatic carbocycles. The van der Waals surface area contributed by atoms with Crippen molar-refractivity contribution in [1.82, 2.24) is 10.7 Å². The largest absolute Gasteiger partial charge is 0.378 e. The first-order chi connectivity index (χ1) is 16.1. The van der Waals surface area contributed by atoms with Crippen molar-refractivity contribution in [2.75, 3.05) is 25.5 Å². The molecule has 1 aromatic rings. The van der Waals surface area contributed by atoms with Gasteiger partial charge in [-0.25, -0.2) is 0 Å². The van der Waals surface area contributed by atoms with Crippen molar-refractivity contribution in [3.05, 3.63) is 29.8 Å². The maximum absolute atomic E-state index is 5.29. The summed E-state index contributed by atoms with van der Waals surface area (Å²) in [5.41, 5.74) is 5.13. The molecule has 0 amide bonds. The summed E-state index contributed by atoms with van der Waals surface area (Å²) in [4.78, 5) is 2.08. The molecule has 0 aliphatic heterocycles. The number of anilines is 1. The van der Waals surface area contributed by atoms with Crippen LogP contribution in [-0.2, 0) is 0 Å². The predicted octanol–water partition coefficient (Wildman–Crippen LogP) is 7.81. The number of hydrazone groups is 1. The van der Waals surface area contributed by atoms with Crippen LogP contribution in [0.2, 0.25) is 0 Å². The average Bonchev–Trinajstić information content (AvgIpc) is 2.81. The van der Waals surface area contributed by atoms with Crippen molar-refractivity contribution in [2.24, 2.45) is 5.10 Å². The highest BCUT2D eigenvalue weighted by Crippen LogP contribution is 2.14. The van der Waals surface area contributed by atoms with Gasteiger partial charge in [-0.1, -0.05) is 115 Å². The summed E-state index contributed by atoms with van der Waals surface area (Å²) < 4.78 is 0. The fourth-order valence-corrected chi connectivity index (χ4v) is 4.09. The molecule has 0 radical (unpaired) electrons. The molecule has 4 nitrogen and oxygen atoms in total. The highest BCUT2D eigenvalue weighted by atomic mass is 32.1. The zero-order valence-electron chi connectivity index (χ0n) is 21.7. The van der Waals surface area contributed by atoms with E-state index in [0.717, 1.165) is 18.5 Å². The molecule has 33 heavy (non-hydrogen) atoms. The van der Waals surface area contributed by atoms with Crippen LogP contribution in [0.1, 0.15) is 115 Å². The second-order valence-corrected chi connectivity index (χ2v) is 9.82. The normalized spacial score (nSPS) is 11.1. The Labute approximate surface area is 210 Å². The molecule has 0 spiro atoms. The first-order valence-electron chi connectivity index (χ1n) is 13.5. The number of unbranched alkanes of at least 4 members (excludes halogenated alkanes) is 15.